The fourth-order valence-electron chi connectivity index (χ4n) is 3.30. The third kappa shape index (κ3) is 4.58. The molecule has 0 saturated heterocycles. The predicted molar refractivity (Wildman–Crippen MR) is 122 cm³/mol. The van der Waals surface area contributed by atoms with E-state index >= 15 is 0 Å². The lowest BCUT2D eigenvalue weighted by Crippen LogP contribution is -2.20. The number of anilines is 2. The lowest BCUT2D eigenvalue weighted by atomic mass is 9.99. The maximum Gasteiger partial charge on any atom is 0.323 e. The molecule has 4 rings (SSSR count). The number of aryl methyl sites for hydroxylation is 1. The second kappa shape index (κ2) is 8.92. The van der Waals surface area contributed by atoms with Gasteiger partial charge in [0.05, 0.1) is 12.4 Å². The number of pyridine rings is 1. The molecule has 2 amide bonds. The molecule has 2 N–H and O–H groups in total. The number of urea groups is 1. The first-order valence-corrected chi connectivity index (χ1v) is 10.2. The van der Waals surface area contributed by atoms with Crippen LogP contribution < -0.4 is 10.6 Å². The summed E-state index contributed by atoms with van der Waals surface area (Å²) < 4.78 is 2.94. The van der Waals surface area contributed by atoms with Crippen LogP contribution in [0.2, 0.25) is 0 Å². The molecule has 0 aliphatic carbocycles. The number of halogens is 1. The van der Waals surface area contributed by atoms with E-state index < -0.39 is 0 Å². The zero-order valence-electron chi connectivity index (χ0n) is 16.3. The Bertz CT molecular complexity index is 1150. The summed E-state index contributed by atoms with van der Waals surface area (Å²) in [6, 6.07) is 17.2. The van der Waals surface area contributed by atoms with Crippen molar-refractivity contribution in [2.24, 2.45) is 0 Å². The summed E-state index contributed by atoms with van der Waals surface area (Å²) in [5.41, 5.74) is 4.55. The summed E-state index contributed by atoms with van der Waals surface area (Å²) in [6.45, 7) is 1.95. The van der Waals surface area contributed by atoms with Crippen molar-refractivity contribution < 1.29 is 4.79 Å². The van der Waals surface area contributed by atoms with Gasteiger partial charge in [-0.1, -0.05) is 34.1 Å². The van der Waals surface area contributed by atoms with Gasteiger partial charge in [0, 0.05) is 40.6 Å². The van der Waals surface area contributed by atoms with E-state index in [1.165, 1.54) is 0 Å². The molecular formula is C23H20BrN5O. The average Bonchev–Trinajstić information content (AvgIpc) is 3.26. The predicted octanol–water partition coefficient (Wildman–Crippen LogP) is 5.63. The van der Waals surface area contributed by atoms with Crippen LogP contribution >= 0.6 is 15.9 Å². The first-order chi connectivity index (χ1) is 14.6. The number of amides is 2. The largest absolute Gasteiger partial charge is 0.326 e. The van der Waals surface area contributed by atoms with E-state index in [2.05, 4.69) is 36.5 Å². The highest BCUT2D eigenvalue weighted by atomic mass is 79.9. The summed E-state index contributed by atoms with van der Waals surface area (Å²) in [5, 5.41) is 5.83. The van der Waals surface area contributed by atoms with Crippen molar-refractivity contribution in [3.8, 4) is 0 Å². The van der Waals surface area contributed by atoms with Crippen LogP contribution in [-0.2, 0) is 0 Å². The van der Waals surface area contributed by atoms with Gasteiger partial charge in [0.15, 0.2) is 0 Å². The van der Waals surface area contributed by atoms with Crippen LogP contribution in [0.15, 0.2) is 90.2 Å². The van der Waals surface area contributed by atoms with E-state index in [1.54, 1.807) is 24.9 Å². The second-order valence-electron chi connectivity index (χ2n) is 6.86. The molecule has 0 spiro atoms. The van der Waals surface area contributed by atoms with Crippen LogP contribution in [0.25, 0.3) is 0 Å². The third-order valence-electron chi connectivity index (χ3n) is 4.75. The highest BCUT2D eigenvalue weighted by Crippen LogP contribution is 2.28. The zero-order valence-corrected chi connectivity index (χ0v) is 17.9. The summed E-state index contributed by atoms with van der Waals surface area (Å²) in [7, 11) is 0. The summed E-state index contributed by atoms with van der Waals surface area (Å²) >= 11 is 3.44. The number of carbonyl (C=O) groups excluding carboxylic acids is 1. The number of hydrogen-bond acceptors (Lipinski definition) is 3. The third-order valence-corrected chi connectivity index (χ3v) is 5.25. The Morgan fingerprint density at radius 2 is 1.80 bits per heavy atom. The minimum absolute atomic E-state index is 0.0763. The molecule has 1 unspecified atom stereocenters. The molecular weight excluding hydrogens is 442 g/mol. The molecule has 6 nitrogen and oxygen atoms in total. The second-order valence-corrected chi connectivity index (χ2v) is 7.77. The van der Waals surface area contributed by atoms with Crippen molar-refractivity contribution in [3.05, 3.63) is 107 Å². The minimum atomic E-state index is -0.295. The minimum Gasteiger partial charge on any atom is -0.326 e. The van der Waals surface area contributed by atoms with E-state index in [1.807, 2.05) is 72.3 Å². The number of carbonyl (C=O) groups is 1. The van der Waals surface area contributed by atoms with Gasteiger partial charge >= 0.3 is 6.03 Å². The first-order valence-electron chi connectivity index (χ1n) is 9.41. The van der Waals surface area contributed by atoms with Crippen molar-refractivity contribution >= 4 is 33.3 Å². The molecule has 0 fully saturated rings. The summed E-state index contributed by atoms with van der Waals surface area (Å²) in [4.78, 5) is 20.9. The monoisotopic (exact) mass is 461 g/mol. The fraction of sp³-hybridized carbons (Fsp3) is 0.0870. The Balaban J connectivity index is 1.58. The molecule has 0 aliphatic rings. The number of nitrogens with zero attached hydrogens (tertiary/aromatic N) is 3. The normalized spacial score (nSPS) is 11.7. The Hall–Kier alpha value is -3.45. The van der Waals surface area contributed by atoms with Crippen molar-refractivity contribution in [2.75, 3.05) is 10.6 Å². The van der Waals surface area contributed by atoms with Gasteiger partial charge in [-0.05, 0) is 60.0 Å². The topological polar surface area (TPSA) is 71.8 Å². The van der Waals surface area contributed by atoms with Crippen molar-refractivity contribution in [1.82, 2.24) is 14.5 Å². The molecule has 0 aliphatic heterocycles. The van der Waals surface area contributed by atoms with Crippen LogP contribution in [0, 0.1) is 6.92 Å². The van der Waals surface area contributed by atoms with Crippen LogP contribution in [0.1, 0.15) is 22.7 Å². The smallest absolute Gasteiger partial charge is 0.323 e. The van der Waals surface area contributed by atoms with Crippen LogP contribution in [0.3, 0.4) is 0 Å². The number of hydrogen-bond donors (Lipinski definition) is 2. The Labute approximate surface area is 183 Å². The molecule has 7 heteroatoms. The van der Waals surface area contributed by atoms with E-state index in [4.69, 9.17) is 0 Å². The van der Waals surface area contributed by atoms with Crippen LogP contribution in [0.5, 0.6) is 0 Å². The van der Waals surface area contributed by atoms with Gasteiger partial charge in [-0.3, -0.25) is 4.98 Å². The number of benzene rings is 2. The molecule has 1 atom stereocenters. The number of rotatable bonds is 5. The molecule has 0 radical (unpaired) electrons. The van der Waals surface area contributed by atoms with Gasteiger partial charge < -0.3 is 15.2 Å². The van der Waals surface area contributed by atoms with E-state index in [0.29, 0.717) is 5.69 Å². The van der Waals surface area contributed by atoms with Crippen molar-refractivity contribution in [2.45, 2.75) is 13.0 Å². The molecule has 0 saturated carbocycles. The molecule has 30 heavy (non-hydrogen) atoms. The number of nitrogens with one attached hydrogen (secondary N) is 2. The fourth-order valence-corrected chi connectivity index (χ4v) is 3.67. The Morgan fingerprint density at radius 3 is 2.57 bits per heavy atom. The Morgan fingerprint density at radius 1 is 0.967 bits per heavy atom. The van der Waals surface area contributed by atoms with Gasteiger partial charge in [0.2, 0.25) is 0 Å². The lowest BCUT2D eigenvalue weighted by molar-refractivity contribution is 0.262. The molecule has 2 aromatic carbocycles. The van der Waals surface area contributed by atoms with Gasteiger partial charge in [-0.25, -0.2) is 9.78 Å². The first kappa shape index (κ1) is 19.8. The van der Waals surface area contributed by atoms with E-state index in [-0.39, 0.29) is 12.1 Å². The highest BCUT2D eigenvalue weighted by molar-refractivity contribution is 9.10. The van der Waals surface area contributed by atoms with E-state index in [0.717, 1.165) is 26.9 Å². The Kier molecular flexibility index (Phi) is 5.90. The van der Waals surface area contributed by atoms with Gasteiger partial charge in [0.1, 0.15) is 0 Å². The summed E-state index contributed by atoms with van der Waals surface area (Å²) in [5.74, 6) is 0. The maximum atomic E-state index is 12.6. The van der Waals surface area contributed by atoms with Gasteiger partial charge in [0.25, 0.3) is 0 Å². The molecule has 2 heterocycles. The van der Waals surface area contributed by atoms with Crippen LogP contribution in [-0.4, -0.2) is 20.6 Å². The van der Waals surface area contributed by atoms with Gasteiger partial charge in [-0.2, -0.15) is 0 Å². The number of aromatic nitrogens is 3. The zero-order chi connectivity index (χ0) is 20.9. The quantitative estimate of drug-likeness (QED) is 0.404. The summed E-state index contributed by atoms with van der Waals surface area (Å²) in [6.07, 6.45) is 9.01. The highest BCUT2D eigenvalue weighted by Gasteiger charge is 2.16. The average molecular weight is 462 g/mol. The molecule has 150 valence electrons. The van der Waals surface area contributed by atoms with E-state index in [9.17, 15) is 4.79 Å². The maximum absolute atomic E-state index is 12.6. The molecule has 0 bridgehead atoms. The number of imidazole rings is 1. The standard InChI is InChI=1S/C23H20BrN5O/c1-16-5-6-19(24)14-21(16)28-23(30)27-20-4-2-3-18(13-20)22(29-12-11-26-15-29)17-7-9-25-10-8-17/h2-15,22H,1H3,(H2,27,28,30). The molecule has 4 aromatic rings. The lowest BCUT2D eigenvalue weighted by Gasteiger charge is -2.20. The van der Waals surface area contributed by atoms with Crippen molar-refractivity contribution in [3.63, 3.8) is 0 Å². The molecule has 2 aromatic heterocycles. The van der Waals surface area contributed by atoms with Crippen LogP contribution in [0.4, 0.5) is 16.2 Å². The SMILES string of the molecule is Cc1ccc(Br)cc1NC(=O)Nc1cccc(C(c2ccncc2)n2ccnc2)c1. The van der Waals surface area contributed by atoms with Gasteiger partial charge in [-0.15, -0.1) is 0 Å². The van der Waals surface area contributed by atoms with Crippen molar-refractivity contribution in [1.29, 1.82) is 0 Å².